The number of carbonyl (C=O) groups excluding carboxylic acids is 2. The standard InChI is InChI=1S/C24H17F3N6O5/c25-15-11-30-33-18(22(35)29-9-12-2-1-3-14(6-12)37-23(26)27)8-17(31-20(15)33)21(34)28-10-13-4-5-19-16(7-13)32-24(36)38-19/h1-8,11,23H,9-10H2,(H,28,34)(H,29,35)(H,32,36). The molecule has 0 spiro atoms. The number of benzene rings is 2. The fourth-order valence-corrected chi connectivity index (χ4v) is 3.70. The number of hydrogen-bond donors (Lipinski definition) is 3. The highest BCUT2D eigenvalue weighted by Gasteiger charge is 2.20. The zero-order chi connectivity index (χ0) is 26.8. The van der Waals surface area contributed by atoms with Gasteiger partial charge in [0.05, 0.1) is 11.7 Å². The van der Waals surface area contributed by atoms with Crippen molar-refractivity contribution < 1.29 is 31.9 Å². The van der Waals surface area contributed by atoms with Gasteiger partial charge >= 0.3 is 12.4 Å². The van der Waals surface area contributed by atoms with E-state index in [1.54, 1.807) is 24.3 Å². The van der Waals surface area contributed by atoms with Crippen molar-refractivity contribution in [1.29, 1.82) is 0 Å². The van der Waals surface area contributed by atoms with Crippen LogP contribution in [0.15, 0.2) is 63.9 Å². The van der Waals surface area contributed by atoms with Crippen LogP contribution in [-0.4, -0.2) is 38.0 Å². The number of halogens is 3. The number of aromatic amines is 1. The van der Waals surface area contributed by atoms with Gasteiger partial charge < -0.3 is 19.8 Å². The number of amides is 2. The number of aromatic nitrogens is 4. The number of nitrogens with one attached hydrogen (secondary N) is 3. The van der Waals surface area contributed by atoms with Crippen LogP contribution in [0.1, 0.15) is 32.1 Å². The zero-order valence-electron chi connectivity index (χ0n) is 19.2. The Balaban J connectivity index is 1.34. The smallest absolute Gasteiger partial charge is 0.417 e. The van der Waals surface area contributed by atoms with Crippen molar-refractivity contribution in [2.75, 3.05) is 0 Å². The number of H-pyrrole nitrogens is 1. The monoisotopic (exact) mass is 526 g/mol. The lowest BCUT2D eigenvalue weighted by molar-refractivity contribution is -0.0498. The molecule has 5 rings (SSSR count). The molecule has 5 aromatic rings. The molecular weight excluding hydrogens is 509 g/mol. The van der Waals surface area contributed by atoms with Crippen LogP contribution in [0, 0.1) is 5.82 Å². The van der Waals surface area contributed by atoms with E-state index in [1.165, 1.54) is 18.2 Å². The predicted octanol–water partition coefficient (Wildman–Crippen LogP) is 2.76. The molecule has 0 fully saturated rings. The Labute approximate surface area is 210 Å². The van der Waals surface area contributed by atoms with Gasteiger partial charge in [-0.15, -0.1) is 0 Å². The van der Waals surface area contributed by atoms with Crippen LogP contribution >= 0.6 is 0 Å². The van der Waals surface area contributed by atoms with Crippen LogP contribution in [0.25, 0.3) is 16.7 Å². The first-order chi connectivity index (χ1) is 18.3. The summed E-state index contributed by atoms with van der Waals surface area (Å²) in [5.41, 5.74) is 1.14. The summed E-state index contributed by atoms with van der Waals surface area (Å²) in [5.74, 6) is -2.95. The van der Waals surface area contributed by atoms with Gasteiger partial charge in [-0.1, -0.05) is 18.2 Å². The molecule has 0 unspecified atom stereocenters. The molecule has 11 nitrogen and oxygen atoms in total. The molecule has 0 aliphatic heterocycles. The van der Waals surface area contributed by atoms with Crippen LogP contribution in [0.2, 0.25) is 0 Å². The van der Waals surface area contributed by atoms with Gasteiger partial charge in [0.15, 0.2) is 17.0 Å². The second-order valence-corrected chi connectivity index (χ2v) is 7.99. The third-order valence-electron chi connectivity index (χ3n) is 5.41. The number of oxazole rings is 1. The van der Waals surface area contributed by atoms with Crippen LogP contribution < -0.4 is 21.1 Å². The molecule has 0 atom stereocenters. The fourth-order valence-electron chi connectivity index (χ4n) is 3.70. The van der Waals surface area contributed by atoms with E-state index in [9.17, 15) is 27.6 Å². The average molecular weight is 526 g/mol. The van der Waals surface area contributed by atoms with Crippen LogP contribution in [0.3, 0.4) is 0 Å². The van der Waals surface area contributed by atoms with E-state index in [4.69, 9.17) is 4.42 Å². The topological polar surface area (TPSA) is 144 Å². The van der Waals surface area contributed by atoms with E-state index in [0.717, 1.165) is 16.8 Å². The van der Waals surface area contributed by atoms with Gasteiger partial charge in [0.2, 0.25) is 0 Å². The maximum Gasteiger partial charge on any atom is 0.417 e. The number of carbonyl (C=O) groups is 2. The molecule has 0 aliphatic rings. The molecule has 3 N–H and O–H groups in total. The molecule has 38 heavy (non-hydrogen) atoms. The minimum atomic E-state index is -3.00. The van der Waals surface area contributed by atoms with Gasteiger partial charge in [-0.2, -0.15) is 13.9 Å². The van der Waals surface area contributed by atoms with E-state index in [1.807, 2.05) is 0 Å². The van der Waals surface area contributed by atoms with E-state index >= 15 is 0 Å². The Morgan fingerprint density at radius 2 is 1.82 bits per heavy atom. The quantitative estimate of drug-likeness (QED) is 0.282. The first-order valence-corrected chi connectivity index (χ1v) is 11.0. The van der Waals surface area contributed by atoms with Crippen molar-refractivity contribution in [3.8, 4) is 5.75 Å². The van der Waals surface area contributed by atoms with E-state index in [-0.39, 0.29) is 35.9 Å². The number of hydrogen-bond acceptors (Lipinski definition) is 7. The van der Waals surface area contributed by atoms with Gasteiger partial charge in [-0.3, -0.25) is 14.6 Å². The molecule has 0 saturated carbocycles. The summed E-state index contributed by atoms with van der Waals surface area (Å²) in [5, 5.41) is 9.01. The number of rotatable bonds is 8. The molecular formula is C24H17F3N6O5. The summed E-state index contributed by atoms with van der Waals surface area (Å²) in [4.78, 5) is 43.6. The van der Waals surface area contributed by atoms with Gasteiger partial charge in [-0.05, 0) is 35.4 Å². The highest BCUT2D eigenvalue weighted by atomic mass is 19.3. The molecule has 3 heterocycles. The highest BCUT2D eigenvalue weighted by Crippen LogP contribution is 2.17. The lowest BCUT2D eigenvalue weighted by Gasteiger charge is -2.11. The maximum atomic E-state index is 14.3. The molecule has 2 aromatic carbocycles. The number of alkyl halides is 2. The number of fused-ring (bicyclic) bond motifs is 2. The summed E-state index contributed by atoms with van der Waals surface area (Å²) in [6, 6.07) is 11.7. The summed E-state index contributed by atoms with van der Waals surface area (Å²) < 4.78 is 49.5. The minimum absolute atomic E-state index is 0.0369. The third-order valence-corrected chi connectivity index (χ3v) is 5.41. The van der Waals surface area contributed by atoms with Crippen LogP contribution in [0.5, 0.6) is 5.75 Å². The first-order valence-electron chi connectivity index (χ1n) is 11.0. The molecule has 194 valence electrons. The third kappa shape index (κ3) is 5.18. The number of nitrogens with zero attached hydrogens (tertiary/aromatic N) is 3. The van der Waals surface area contributed by atoms with Crippen molar-refractivity contribution in [1.82, 2.24) is 30.2 Å². The van der Waals surface area contributed by atoms with E-state index < -0.39 is 30.0 Å². The Bertz CT molecular complexity index is 1730. The number of ether oxygens (including phenoxy) is 1. The summed E-state index contributed by atoms with van der Waals surface area (Å²) in [6.07, 6.45) is 0.854. The van der Waals surface area contributed by atoms with Crippen molar-refractivity contribution in [2.45, 2.75) is 19.7 Å². The van der Waals surface area contributed by atoms with Gasteiger partial charge in [0, 0.05) is 19.2 Å². The van der Waals surface area contributed by atoms with E-state index in [0.29, 0.717) is 22.2 Å². The highest BCUT2D eigenvalue weighted by molar-refractivity contribution is 5.98. The second kappa shape index (κ2) is 10.1. The molecule has 0 aliphatic carbocycles. The molecule has 14 heteroatoms. The average Bonchev–Trinajstić information content (AvgIpc) is 3.46. The molecule has 3 aromatic heterocycles. The van der Waals surface area contributed by atoms with Crippen molar-refractivity contribution >= 4 is 28.6 Å². The largest absolute Gasteiger partial charge is 0.435 e. The van der Waals surface area contributed by atoms with Crippen LogP contribution in [0.4, 0.5) is 13.2 Å². The summed E-state index contributed by atoms with van der Waals surface area (Å²) in [6.45, 7) is -3.04. The Hall–Kier alpha value is -5.14. The molecule has 2 amide bonds. The van der Waals surface area contributed by atoms with Gasteiger partial charge in [0.25, 0.3) is 11.8 Å². The predicted molar refractivity (Wildman–Crippen MR) is 125 cm³/mol. The lowest BCUT2D eigenvalue weighted by atomic mass is 10.2. The van der Waals surface area contributed by atoms with Crippen LogP contribution in [-0.2, 0) is 13.1 Å². The fraction of sp³-hybridized carbons (Fsp3) is 0.125. The van der Waals surface area contributed by atoms with E-state index in [2.05, 4.69) is 30.4 Å². The SMILES string of the molecule is O=C(NCc1ccc2oc(=O)[nH]c2c1)c1cc(C(=O)NCc2cccc(OC(F)F)c2)n2ncc(F)c2n1. The lowest BCUT2D eigenvalue weighted by Crippen LogP contribution is -2.28. The van der Waals surface area contributed by atoms with Crippen molar-refractivity contribution in [3.05, 3.63) is 93.6 Å². The van der Waals surface area contributed by atoms with Crippen molar-refractivity contribution in [2.24, 2.45) is 0 Å². The normalized spacial score (nSPS) is 11.3. The molecule has 0 radical (unpaired) electrons. The summed E-state index contributed by atoms with van der Waals surface area (Å²) in [7, 11) is 0. The summed E-state index contributed by atoms with van der Waals surface area (Å²) >= 11 is 0. The van der Waals surface area contributed by atoms with Crippen molar-refractivity contribution in [3.63, 3.8) is 0 Å². The maximum absolute atomic E-state index is 14.3. The first kappa shape index (κ1) is 24.5. The van der Waals surface area contributed by atoms with Gasteiger partial charge in [-0.25, -0.2) is 18.7 Å². The zero-order valence-corrected chi connectivity index (χ0v) is 19.2. The Morgan fingerprint density at radius 3 is 2.61 bits per heavy atom. The molecule has 0 bridgehead atoms. The Kier molecular flexibility index (Phi) is 6.51. The minimum Gasteiger partial charge on any atom is -0.435 e. The molecule has 0 saturated heterocycles. The van der Waals surface area contributed by atoms with Gasteiger partial charge in [0.1, 0.15) is 17.1 Å². The Morgan fingerprint density at radius 1 is 1.05 bits per heavy atom. The second-order valence-electron chi connectivity index (χ2n) is 7.99.